The van der Waals surface area contributed by atoms with E-state index in [0.29, 0.717) is 0 Å². The summed E-state index contributed by atoms with van der Waals surface area (Å²) in [6.07, 6.45) is 25.9. The van der Waals surface area contributed by atoms with Gasteiger partial charge >= 0.3 is 29.6 Å². The Morgan fingerprint density at radius 1 is 0.481 bits per heavy atom. The van der Waals surface area contributed by atoms with Gasteiger partial charge < -0.3 is 0 Å². The van der Waals surface area contributed by atoms with Crippen LogP contribution in [0.5, 0.6) is 0 Å². The van der Waals surface area contributed by atoms with Crippen molar-refractivity contribution in [3.63, 3.8) is 0 Å². The van der Waals surface area contributed by atoms with Crippen LogP contribution in [-0.4, -0.2) is 29.6 Å². The maximum atomic E-state index is 2.30. The Labute approximate surface area is 193 Å². The van der Waals surface area contributed by atoms with Crippen molar-refractivity contribution in [2.24, 2.45) is 0 Å². The van der Waals surface area contributed by atoms with Gasteiger partial charge in [0.15, 0.2) is 0 Å². The molecular formula is C26H47Na. The van der Waals surface area contributed by atoms with Crippen LogP contribution in [0.3, 0.4) is 0 Å². The van der Waals surface area contributed by atoms with Gasteiger partial charge in [-0.15, -0.1) is 0 Å². The summed E-state index contributed by atoms with van der Waals surface area (Å²) in [6.45, 7) is 4.46. The molecule has 1 heteroatoms. The molecule has 0 aromatic heterocycles. The van der Waals surface area contributed by atoms with Gasteiger partial charge in [0.25, 0.3) is 0 Å². The molecule has 27 heavy (non-hydrogen) atoms. The van der Waals surface area contributed by atoms with Crippen LogP contribution in [0.1, 0.15) is 127 Å². The zero-order chi connectivity index (χ0) is 18.7. The molecule has 1 aromatic rings. The second-order valence-electron chi connectivity index (χ2n) is 8.39. The van der Waals surface area contributed by atoms with Crippen LogP contribution in [-0.2, 0) is 6.42 Å². The van der Waals surface area contributed by atoms with E-state index in [0.717, 1.165) is 0 Å². The van der Waals surface area contributed by atoms with Crippen LogP contribution in [0.25, 0.3) is 0 Å². The molecule has 0 fully saturated rings. The summed E-state index contributed by atoms with van der Waals surface area (Å²) in [4.78, 5) is 0. The van der Waals surface area contributed by atoms with E-state index in [1.807, 2.05) is 0 Å². The van der Waals surface area contributed by atoms with Gasteiger partial charge in [-0.2, -0.15) is 0 Å². The van der Waals surface area contributed by atoms with Gasteiger partial charge in [0, 0.05) is 0 Å². The molecule has 0 atom stereocenters. The van der Waals surface area contributed by atoms with Crippen molar-refractivity contribution < 1.29 is 0 Å². The molecular weight excluding hydrogens is 335 g/mol. The molecule has 0 nitrogen and oxygen atoms in total. The summed E-state index contributed by atoms with van der Waals surface area (Å²) >= 11 is 0. The van der Waals surface area contributed by atoms with Crippen molar-refractivity contribution in [3.05, 3.63) is 35.4 Å². The average Bonchev–Trinajstić information content (AvgIpc) is 2.66. The topological polar surface area (TPSA) is 0 Å². The van der Waals surface area contributed by atoms with E-state index in [1.54, 1.807) is 0 Å². The molecule has 0 saturated heterocycles. The van der Waals surface area contributed by atoms with Crippen molar-refractivity contribution in [2.75, 3.05) is 0 Å². The predicted molar refractivity (Wildman–Crippen MR) is 126 cm³/mol. The standard InChI is InChI=1S/C26H46.Na.H/c1-3-4-5-6-7-8-9-10-11-12-13-14-15-16-17-18-19-20-26-23-21-25(2)22-24-26;;/h21-24H,3-20H2,1-2H3;;. The quantitative estimate of drug-likeness (QED) is 0.176. The molecule has 0 aliphatic rings. The zero-order valence-electron chi connectivity index (χ0n) is 18.0. The first kappa shape index (κ1) is 27.2. The SMILES string of the molecule is CCCCCCCCCCCCCCCCCCCc1ccc(C)cc1.[NaH]. The molecule has 0 N–H and O–H groups in total. The molecule has 0 spiro atoms. The fourth-order valence-electron chi connectivity index (χ4n) is 3.81. The van der Waals surface area contributed by atoms with Gasteiger partial charge in [-0.25, -0.2) is 0 Å². The summed E-state index contributed by atoms with van der Waals surface area (Å²) in [7, 11) is 0. The second-order valence-corrected chi connectivity index (χ2v) is 8.39. The van der Waals surface area contributed by atoms with Gasteiger partial charge in [0.1, 0.15) is 0 Å². The fraction of sp³-hybridized carbons (Fsp3) is 0.769. The Balaban J connectivity index is 0.00000676. The molecule has 0 amide bonds. The van der Waals surface area contributed by atoms with Crippen LogP contribution in [0.4, 0.5) is 0 Å². The predicted octanol–water partition coefficient (Wildman–Crippen LogP) is 8.54. The first-order chi connectivity index (χ1) is 12.8. The molecule has 1 rings (SSSR count). The summed E-state index contributed by atoms with van der Waals surface area (Å²) in [6, 6.07) is 9.06. The monoisotopic (exact) mass is 382 g/mol. The first-order valence-corrected chi connectivity index (χ1v) is 11.9. The normalized spacial score (nSPS) is 10.7. The number of aryl methyl sites for hydroxylation is 2. The van der Waals surface area contributed by atoms with Crippen molar-refractivity contribution in [1.29, 1.82) is 0 Å². The molecule has 152 valence electrons. The van der Waals surface area contributed by atoms with E-state index in [-0.39, 0.29) is 29.6 Å². The number of hydrogen-bond acceptors (Lipinski definition) is 0. The summed E-state index contributed by atoms with van der Waals surface area (Å²) in [5.74, 6) is 0. The molecule has 0 radical (unpaired) electrons. The third-order valence-corrected chi connectivity index (χ3v) is 5.69. The number of hydrogen-bond donors (Lipinski definition) is 0. The van der Waals surface area contributed by atoms with E-state index >= 15 is 0 Å². The van der Waals surface area contributed by atoms with E-state index < -0.39 is 0 Å². The fourth-order valence-corrected chi connectivity index (χ4v) is 3.81. The van der Waals surface area contributed by atoms with Crippen molar-refractivity contribution in [1.82, 2.24) is 0 Å². The van der Waals surface area contributed by atoms with Crippen molar-refractivity contribution >= 4 is 29.6 Å². The average molecular weight is 383 g/mol. The number of unbranched alkanes of at least 4 members (excludes halogenated alkanes) is 16. The van der Waals surface area contributed by atoms with Crippen LogP contribution in [0, 0.1) is 6.92 Å². The Morgan fingerprint density at radius 2 is 0.815 bits per heavy atom. The van der Waals surface area contributed by atoms with Gasteiger partial charge in [0.2, 0.25) is 0 Å². The van der Waals surface area contributed by atoms with Crippen molar-refractivity contribution in [2.45, 2.75) is 129 Å². The number of benzene rings is 1. The van der Waals surface area contributed by atoms with Crippen molar-refractivity contribution in [3.8, 4) is 0 Å². The van der Waals surface area contributed by atoms with E-state index in [9.17, 15) is 0 Å². The minimum absolute atomic E-state index is 0. The molecule has 1 aromatic carbocycles. The zero-order valence-corrected chi connectivity index (χ0v) is 18.0. The molecule has 0 saturated carbocycles. The summed E-state index contributed by atoms with van der Waals surface area (Å²) < 4.78 is 0. The Morgan fingerprint density at radius 3 is 1.19 bits per heavy atom. The van der Waals surface area contributed by atoms with Gasteiger partial charge in [-0.3, -0.25) is 0 Å². The van der Waals surface area contributed by atoms with Gasteiger partial charge in [-0.1, -0.05) is 139 Å². The Bertz CT molecular complexity index is 395. The Kier molecular flexibility index (Phi) is 21.1. The minimum atomic E-state index is 0. The molecule has 0 unspecified atom stereocenters. The van der Waals surface area contributed by atoms with Crippen LogP contribution < -0.4 is 0 Å². The summed E-state index contributed by atoms with van der Waals surface area (Å²) in [5, 5.41) is 0. The van der Waals surface area contributed by atoms with Crippen LogP contribution in [0.15, 0.2) is 24.3 Å². The van der Waals surface area contributed by atoms with E-state index in [2.05, 4.69) is 38.1 Å². The Hall–Kier alpha value is 0.220. The summed E-state index contributed by atoms with van der Waals surface area (Å²) in [5.41, 5.74) is 2.88. The van der Waals surface area contributed by atoms with Gasteiger partial charge in [0.05, 0.1) is 0 Å². The first-order valence-electron chi connectivity index (χ1n) is 11.9. The van der Waals surface area contributed by atoms with E-state index in [1.165, 1.54) is 127 Å². The van der Waals surface area contributed by atoms with E-state index in [4.69, 9.17) is 0 Å². The number of rotatable bonds is 18. The van der Waals surface area contributed by atoms with Crippen LogP contribution in [0.2, 0.25) is 0 Å². The third-order valence-electron chi connectivity index (χ3n) is 5.69. The molecule has 0 heterocycles. The van der Waals surface area contributed by atoms with Crippen LogP contribution >= 0.6 is 0 Å². The third kappa shape index (κ3) is 18.0. The van der Waals surface area contributed by atoms with Gasteiger partial charge in [-0.05, 0) is 25.3 Å². The molecule has 0 bridgehead atoms. The molecule has 0 aliphatic heterocycles. The maximum absolute atomic E-state index is 2.30. The second kappa shape index (κ2) is 20.9. The molecule has 0 aliphatic carbocycles.